The van der Waals surface area contributed by atoms with Gasteiger partial charge in [0.25, 0.3) is 0 Å². The smallest absolute Gasteiger partial charge is 0.226 e. The lowest BCUT2D eigenvalue weighted by atomic mass is 9.94. The molecule has 124 valence electrons. The van der Waals surface area contributed by atoms with E-state index in [-0.39, 0.29) is 55.0 Å². The van der Waals surface area contributed by atoms with Gasteiger partial charge in [0.15, 0.2) is 0 Å². The molecule has 0 radical (unpaired) electrons. The maximum atomic E-state index is 12.2. The number of pyridine rings is 1. The third kappa shape index (κ3) is 4.56. The molecule has 2 atom stereocenters. The van der Waals surface area contributed by atoms with Gasteiger partial charge in [0, 0.05) is 32.4 Å². The Morgan fingerprint density at radius 2 is 2.23 bits per heavy atom. The molecule has 6 nitrogen and oxygen atoms in total. The molecule has 0 spiro atoms. The molecule has 1 fully saturated rings. The fraction of sp³-hybridized carbons (Fsp3) is 0.500. The van der Waals surface area contributed by atoms with Crippen LogP contribution in [0.2, 0.25) is 0 Å². The van der Waals surface area contributed by atoms with Gasteiger partial charge in [0.1, 0.15) is 0 Å². The van der Waals surface area contributed by atoms with E-state index >= 15 is 0 Å². The molecule has 1 saturated heterocycles. The van der Waals surface area contributed by atoms with Gasteiger partial charge in [-0.25, -0.2) is 0 Å². The van der Waals surface area contributed by atoms with Gasteiger partial charge in [-0.05, 0) is 24.6 Å². The van der Waals surface area contributed by atoms with Crippen LogP contribution in [0.25, 0.3) is 0 Å². The molecule has 1 aromatic rings. The zero-order valence-corrected chi connectivity index (χ0v) is 14.0. The van der Waals surface area contributed by atoms with Gasteiger partial charge < -0.3 is 16.0 Å². The van der Waals surface area contributed by atoms with Crippen LogP contribution in [-0.4, -0.2) is 41.8 Å². The van der Waals surface area contributed by atoms with Crippen molar-refractivity contribution < 1.29 is 9.59 Å². The number of nitrogens with zero attached hydrogens (tertiary/aromatic N) is 2. The summed E-state index contributed by atoms with van der Waals surface area (Å²) in [4.78, 5) is 29.9. The van der Waals surface area contributed by atoms with Crippen LogP contribution >= 0.6 is 24.8 Å². The Morgan fingerprint density at radius 3 is 2.82 bits per heavy atom. The first-order valence-corrected chi connectivity index (χ1v) is 6.78. The second-order valence-corrected chi connectivity index (χ2v) is 4.98. The zero-order valence-electron chi connectivity index (χ0n) is 12.4. The summed E-state index contributed by atoms with van der Waals surface area (Å²) in [5, 5.41) is 2.85. The van der Waals surface area contributed by atoms with E-state index in [4.69, 9.17) is 5.73 Å². The van der Waals surface area contributed by atoms with Gasteiger partial charge in [-0.1, -0.05) is 6.07 Å². The van der Waals surface area contributed by atoms with E-state index in [1.54, 1.807) is 24.3 Å². The topological polar surface area (TPSA) is 88.3 Å². The van der Waals surface area contributed by atoms with Crippen molar-refractivity contribution in [3.63, 3.8) is 0 Å². The maximum absolute atomic E-state index is 12.2. The van der Waals surface area contributed by atoms with Crippen LogP contribution in [-0.2, 0) is 9.59 Å². The predicted molar refractivity (Wildman–Crippen MR) is 89.0 cm³/mol. The summed E-state index contributed by atoms with van der Waals surface area (Å²) in [5.41, 5.74) is 6.30. The maximum Gasteiger partial charge on any atom is 0.226 e. The van der Waals surface area contributed by atoms with Crippen LogP contribution < -0.4 is 11.1 Å². The second-order valence-electron chi connectivity index (χ2n) is 4.98. The quantitative estimate of drug-likeness (QED) is 0.774. The third-order valence-corrected chi connectivity index (χ3v) is 3.63. The van der Waals surface area contributed by atoms with Crippen molar-refractivity contribution in [3.8, 4) is 0 Å². The first-order valence-electron chi connectivity index (χ1n) is 6.78. The summed E-state index contributed by atoms with van der Waals surface area (Å²) in [7, 11) is 1.73. The number of amides is 2. The van der Waals surface area contributed by atoms with Crippen LogP contribution in [0.3, 0.4) is 0 Å². The second kappa shape index (κ2) is 9.61. The van der Waals surface area contributed by atoms with Gasteiger partial charge >= 0.3 is 0 Å². The minimum Gasteiger partial charge on any atom is -0.356 e. The lowest BCUT2D eigenvalue weighted by Gasteiger charge is -2.24. The van der Waals surface area contributed by atoms with Gasteiger partial charge in [-0.15, -0.1) is 24.8 Å². The van der Waals surface area contributed by atoms with Crippen molar-refractivity contribution >= 4 is 36.6 Å². The first kappa shape index (κ1) is 20.6. The minimum atomic E-state index is -0.366. The van der Waals surface area contributed by atoms with Crippen molar-refractivity contribution in [1.82, 2.24) is 15.2 Å². The fourth-order valence-corrected chi connectivity index (χ4v) is 2.56. The molecule has 0 unspecified atom stereocenters. The molecule has 3 N–H and O–H groups in total. The number of aromatic nitrogens is 1. The van der Waals surface area contributed by atoms with E-state index in [9.17, 15) is 9.59 Å². The first-order chi connectivity index (χ1) is 9.65. The number of halogens is 2. The average molecular weight is 349 g/mol. The van der Waals surface area contributed by atoms with Gasteiger partial charge in [-0.3, -0.25) is 14.6 Å². The number of rotatable bonds is 5. The van der Waals surface area contributed by atoms with E-state index in [1.807, 2.05) is 12.1 Å². The molecule has 2 amide bonds. The Balaban J connectivity index is 0.00000220. The van der Waals surface area contributed by atoms with Crippen LogP contribution in [0.15, 0.2) is 24.5 Å². The summed E-state index contributed by atoms with van der Waals surface area (Å²) in [6.45, 7) is 1.08. The van der Waals surface area contributed by atoms with Crippen LogP contribution in [0, 0.1) is 5.92 Å². The Morgan fingerprint density at radius 1 is 1.50 bits per heavy atom. The van der Waals surface area contributed by atoms with E-state index in [0.717, 1.165) is 12.0 Å². The molecular weight excluding hydrogens is 327 g/mol. The molecule has 8 heteroatoms. The molecule has 0 saturated carbocycles. The highest BCUT2D eigenvalue weighted by molar-refractivity contribution is 5.90. The largest absolute Gasteiger partial charge is 0.356 e. The number of nitrogens with one attached hydrogen (secondary N) is 1. The third-order valence-electron chi connectivity index (χ3n) is 3.63. The molecule has 2 heterocycles. The lowest BCUT2D eigenvalue weighted by molar-refractivity contribution is -0.128. The number of nitrogens with two attached hydrogens (primary N) is 1. The number of hydrogen-bond acceptors (Lipinski definition) is 4. The van der Waals surface area contributed by atoms with Crippen molar-refractivity contribution in [2.75, 3.05) is 20.1 Å². The van der Waals surface area contributed by atoms with Gasteiger partial charge in [-0.2, -0.15) is 0 Å². The summed E-state index contributed by atoms with van der Waals surface area (Å²) in [5.74, 6) is -0.475. The monoisotopic (exact) mass is 348 g/mol. The molecular formula is C14H22Cl2N4O2. The van der Waals surface area contributed by atoms with Gasteiger partial charge in [0.05, 0.1) is 12.0 Å². The van der Waals surface area contributed by atoms with E-state index in [0.29, 0.717) is 13.1 Å². The Labute approximate surface area is 142 Å². The Bertz CT molecular complexity index is 487. The van der Waals surface area contributed by atoms with E-state index in [1.165, 1.54) is 0 Å². The highest BCUT2D eigenvalue weighted by atomic mass is 35.5. The average Bonchev–Trinajstić information content (AvgIpc) is 2.76. The number of likely N-dealkylation sites (tertiary alicyclic amines) is 1. The summed E-state index contributed by atoms with van der Waals surface area (Å²) in [6, 6.07) is 3.47. The summed E-state index contributed by atoms with van der Waals surface area (Å²) >= 11 is 0. The lowest BCUT2D eigenvalue weighted by Crippen LogP contribution is -2.35. The molecule has 0 aromatic carbocycles. The standard InChI is InChI=1S/C14H20N4O2.2ClH/c1-18-12(19)8-11(14(20)17-7-3-5-15)13(18)10-4-2-6-16-9-10;;/h2,4,6,9,11,13H,3,5,7-8,15H2,1H3,(H,17,20);2*1H/t11-,13+;;/m0../s1. The predicted octanol–water partition coefficient (Wildman–Crippen LogP) is 0.910. The minimum absolute atomic E-state index is 0. The van der Waals surface area contributed by atoms with Gasteiger partial charge in [0.2, 0.25) is 11.8 Å². The van der Waals surface area contributed by atoms with Crippen LogP contribution in [0.1, 0.15) is 24.4 Å². The molecule has 0 bridgehead atoms. The molecule has 0 aliphatic carbocycles. The van der Waals surface area contributed by atoms with Crippen molar-refractivity contribution in [1.29, 1.82) is 0 Å². The normalized spacial score (nSPS) is 20.1. The summed E-state index contributed by atoms with van der Waals surface area (Å²) in [6.07, 6.45) is 4.36. The number of carbonyl (C=O) groups is 2. The van der Waals surface area contributed by atoms with Crippen LogP contribution in [0.5, 0.6) is 0 Å². The highest BCUT2D eigenvalue weighted by Gasteiger charge is 2.42. The summed E-state index contributed by atoms with van der Waals surface area (Å²) < 4.78 is 0. The molecule has 22 heavy (non-hydrogen) atoms. The fourth-order valence-electron chi connectivity index (χ4n) is 2.56. The Kier molecular flexibility index (Phi) is 9.01. The van der Waals surface area contributed by atoms with E-state index < -0.39 is 0 Å². The zero-order chi connectivity index (χ0) is 14.5. The molecule has 1 aliphatic rings. The molecule has 1 aromatic heterocycles. The molecule has 2 rings (SSSR count). The number of hydrogen-bond donors (Lipinski definition) is 2. The van der Waals surface area contributed by atoms with Crippen LogP contribution in [0.4, 0.5) is 0 Å². The SMILES string of the molecule is CN1C(=O)C[C@H](C(=O)NCCCN)[C@H]1c1cccnc1.Cl.Cl. The molecule has 1 aliphatic heterocycles. The van der Waals surface area contributed by atoms with Crippen molar-refractivity contribution in [2.45, 2.75) is 18.9 Å². The van der Waals surface area contributed by atoms with Crippen molar-refractivity contribution in [2.24, 2.45) is 11.7 Å². The van der Waals surface area contributed by atoms with E-state index in [2.05, 4.69) is 10.3 Å². The Hall–Kier alpha value is -1.37. The highest BCUT2D eigenvalue weighted by Crippen LogP contribution is 2.36. The number of carbonyl (C=O) groups excluding carboxylic acids is 2. The van der Waals surface area contributed by atoms with Crippen molar-refractivity contribution in [3.05, 3.63) is 30.1 Å².